The normalized spacial score (nSPS) is 10.1. The number of alkyl halides is 2. The highest BCUT2D eigenvalue weighted by molar-refractivity contribution is 6.31. The Bertz CT molecular complexity index is 375. The van der Waals surface area contributed by atoms with E-state index in [2.05, 4.69) is 4.98 Å². The summed E-state index contributed by atoms with van der Waals surface area (Å²) < 4.78 is 24.4. The number of hydrogen-bond acceptors (Lipinski definition) is 3. The monoisotopic (exact) mass is 204 g/mol. The summed E-state index contributed by atoms with van der Waals surface area (Å²) in [6.07, 6.45) is -2.02. The van der Waals surface area contributed by atoms with Crippen LogP contribution in [-0.2, 0) is 0 Å². The minimum atomic E-state index is -2.93. The number of rotatable bonds is 1. The van der Waals surface area contributed by atoms with Crippen LogP contribution < -0.4 is 0 Å². The van der Waals surface area contributed by atoms with E-state index >= 15 is 0 Å². The van der Waals surface area contributed by atoms with Crippen LogP contribution in [0.1, 0.15) is 17.7 Å². The summed E-state index contributed by atoms with van der Waals surface area (Å²) in [6, 6.07) is 1.46. The maximum Gasteiger partial charge on any atom is 0.269 e. The predicted octanol–water partition coefficient (Wildman–Crippen LogP) is 2.25. The fourth-order valence-electron chi connectivity index (χ4n) is 0.782. The summed E-state index contributed by atoms with van der Waals surface area (Å²) >= 11 is 5.34. The van der Waals surface area contributed by atoms with Gasteiger partial charge in [-0.15, -0.1) is 0 Å². The number of nitrogens with zero attached hydrogens (tertiary/aromatic N) is 2. The Morgan fingerprint density at radius 3 is 2.69 bits per heavy atom. The molecular formula is C7H3ClF2N2O. The van der Waals surface area contributed by atoms with Crippen LogP contribution in [0.25, 0.3) is 0 Å². The van der Waals surface area contributed by atoms with Gasteiger partial charge >= 0.3 is 0 Å². The average Bonchev–Trinajstić information content (AvgIpc) is 2.04. The van der Waals surface area contributed by atoms with Gasteiger partial charge in [0, 0.05) is 6.20 Å². The second-order valence-corrected chi connectivity index (χ2v) is 2.54. The maximum absolute atomic E-state index is 12.2. The van der Waals surface area contributed by atoms with Crippen molar-refractivity contribution in [1.82, 2.24) is 4.98 Å². The summed E-state index contributed by atoms with van der Waals surface area (Å²) in [5, 5.41) is 17.1. The van der Waals surface area contributed by atoms with Gasteiger partial charge in [0.15, 0.2) is 11.4 Å². The van der Waals surface area contributed by atoms with Gasteiger partial charge in [-0.2, -0.15) is 5.26 Å². The molecule has 0 bridgehead atoms. The molecule has 6 heteroatoms. The van der Waals surface area contributed by atoms with Crippen LogP contribution >= 0.6 is 11.6 Å². The van der Waals surface area contributed by atoms with Crippen LogP contribution in [0.2, 0.25) is 5.02 Å². The zero-order valence-corrected chi connectivity index (χ0v) is 6.89. The largest absolute Gasteiger partial charge is 0.504 e. The van der Waals surface area contributed by atoms with Crippen LogP contribution in [0.5, 0.6) is 5.75 Å². The zero-order valence-electron chi connectivity index (χ0n) is 6.13. The number of hydrogen-bond donors (Lipinski definition) is 1. The molecule has 0 amide bonds. The van der Waals surface area contributed by atoms with Gasteiger partial charge in [0.1, 0.15) is 6.07 Å². The minimum Gasteiger partial charge on any atom is -0.504 e. The number of nitriles is 1. The fourth-order valence-corrected chi connectivity index (χ4v) is 1.00. The molecule has 0 radical (unpaired) electrons. The third-order valence-electron chi connectivity index (χ3n) is 1.37. The molecule has 0 atom stereocenters. The predicted molar refractivity (Wildman–Crippen MR) is 40.6 cm³/mol. The van der Waals surface area contributed by atoms with Crippen molar-refractivity contribution in [2.45, 2.75) is 6.43 Å². The number of pyridine rings is 1. The van der Waals surface area contributed by atoms with E-state index in [1.165, 1.54) is 6.07 Å². The van der Waals surface area contributed by atoms with Crippen molar-refractivity contribution in [2.24, 2.45) is 0 Å². The Kier molecular flexibility index (Phi) is 2.63. The topological polar surface area (TPSA) is 56.9 Å². The number of halogens is 3. The first kappa shape index (κ1) is 9.68. The molecule has 0 fully saturated rings. The van der Waals surface area contributed by atoms with Crippen molar-refractivity contribution in [3.8, 4) is 11.8 Å². The van der Waals surface area contributed by atoms with Gasteiger partial charge in [-0.25, -0.2) is 13.8 Å². The molecule has 0 saturated carbocycles. The van der Waals surface area contributed by atoms with E-state index in [4.69, 9.17) is 22.0 Å². The highest BCUT2D eigenvalue weighted by atomic mass is 35.5. The van der Waals surface area contributed by atoms with Gasteiger partial charge in [-0.3, -0.25) is 0 Å². The summed E-state index contributed by atoms with van der Waals surface area (Å²) in [7, 11) is 0. The molecule has 0 spiro atoms. The molecule has 68 valence electrons. The molecule has 0 unspecified atom stereocenters. The van der Waals surface area contributed by atoms with Crippen LogP contribution in [0.15, 0.2) is 6.20 Å². The summed E-state index contributed by atoms with van der Waals surface area (Å²) in [5.74, 6) is -0.856. The lowest BCUT2D eigenvalue weighted by molar-refractivity contribution is 0.147. The Morgan fingerprint density at radius 1 is 1.62 bits per heavy atom. The van der Waals surface area contributed by atoms with Crippen molar-refractivity contribution in [2.75, 3.05) is 0 Å². The number of aromatic hydroxyl groups is 1. The van der Waals surface area contributed by atoms with Gasteiger partial charge in [0.05, 0.1) is 10.6 Å². The Morgan fingerprint density at radius 2 is 2.23 bits per heavy atom. The third-order valence-corrected chi connectivity index (χ3v) is 1.67. The van der Waals surface area contributed by atoms with Crippen LogP contribution in [-0.4, -0.2) is 10.1 Å². The average molecular weight is 205 g/mol. The standard InChI is InChI=1S/C7H3ClF2N2O/c8-3-2-12-4(1-11)6(13)5(3)7(9)10/h2,7,13H. The molecule has 0 saturated heterocycles. The Labute approximate surface area is 77.2 Å². The molecule has 0 aliphatic carbocycles. The maximum atomic E-state index is 12.2. The van der Waals surface area contributed by atoms with Crippen molar-refractivity contribution in [1.29, 1.82) is 5.26 Å². The summed E-state index contributed by atoms with van der Waals surface area (Å²) in [6.45, 7) is 0. The first-order valence-electron chi connectivity index (χ1n) is 3.13. The highest BCUT2D eigenvalue weighted by Gasteiger charge is 2.20. The lowest BCUT2D eigenvalue weighted by atomic mass is 10.2. The van der Waals surface area contributed by atoms with E-state index < -0.39 is 23.4 Å². The van der Waals surface area contributed by atoms with Crippen molar-refractivity contribution < 1.29 is 13.9 Å². The van der Waals surface area contributed by atoms with Crippen molar-refractivity contribution in [3.63, 3.8) is 0 Å². The van der Waals surface area contributed by atoms with Gasteiger partial charge in [0.2, 0.25) is 0 Å². The molecule has 0 aliphatic heterocycles. The summed E-state index contributed by atoms with van der Waals surface area (Å²) in [4.78, 5) is 3.36. The molecule has 1 N–H and O–H groups in total. The lowest BCUT2D eigenvalue weighted by Crippen LogP contribution is -1.93. The SMILES string of the molecule is N#Cc1ncc(Cl)c(C(F)F)c1O. The third kappa shape index (κ3) is 1.68. The van der Waals surface area contributed by atoms with Gasteiger partial charge in [-0.05, 0) is 0 Å². The molecule has 0 aromatic carbocycles. The van der Waals surface area contributed by atoms with E-state index in [0.717, 1.165) is 6.20 Å². The van der Waals surface area contributed by atoms with Gasteiger partial charge < -0.3 is 5.11 Å². The lowest BCUT2D eigenvalue weighted by Gasteiger charge is -2.05. The molecule has 1 heterocycles. The first-order valence-corrected chi connectivity index (χ1v) is 3.51. The van der Waals surface area contributed by atoms with Gasteiger partial charge in [0.25, 0.3) is 6.43 Å². The number of aromatic nitrogens is 1. The van der Waals surface area contributed by atoms with Crippen molar-refractivity contribution in [3.05, 3.63) is 22.5 Å². The van der Waals surface area contributed by atoms with Crippen LogP contribution in [0.3, 0.4) is 0 Å². The van der Waals surface area contributed by atoms with E-state index in [-0.39, 0.29) is 5.02 Å². The van der Waals surface area contributed by atoms with E-state index in [1.54, 1.807) is 0 Å². The van der Waals surface area contributed by atoms with Crippen LogP contribution in [0, 0.1) is 11.3 Å². The quantitative estimate of drug-likeness (QED) is 0.763. The van der Waals surface area contributed by atoms with E-state index in [9.17, 15) is 8.78 Å². The molecule has 13 heavy (non-hydrogen) atoms. The molecule has 1 rings (SSSR count). The minimum absolute atomic E-state index is 0.355. The highest BCUT2D eigenvalue weighted by Crippen LogP contribution is 2.35. The van der Waals surface area contributed by atoms with Crippen molar-refractivity contribution >= 4 is 11.6 Å². The Hall–Kier alpha value is -1.41. The second kappa shape index (κ2) is 3.54. The van der Waals surface area contributed by atoms with E-state index in [1.807, 2.05) is 0 Å². The van der Waals surface area contributed by atoms with Crippen LogP contribution in [0.4, 0.5) is 8.78 Å². The van der Waals surface area contributed by atoms with E-state index in [0.29, 0.717) is 0 Å². The second-order valence-electron chi connectivity index (χ2n) is 2.13. The first-order chi connectivity index (χ1) is 6.07. The van der Waals surface area contributed by atoms with Gasteiger partial charge in [-0.1, -0.05) is 11.6 Å². The molecular weight excluding hydrogens is 202 g/mol. The molecule has 3 nitrogen and oxygen atoms in total. The fraction of sp³-hybridized carbons (Fsp3) is 0.143. The summed E-state index contributed by atoms with van der Waals surface area (Å²) in [5.41, 5.74) is -1.21. The smallest absolute Gasteiger partial charge is 0.269 e. The zero-order chi connectivity index (χ0) is 10.0. The molecule has 1 aromatic heterocycles. The Balaban J connectivity index is 3.41. The molecule has 1 aromatic rings. The molecule has 0 aliphatic rings.